The van der Waals surface area contributed by atoms with Crippen LogP contribution in [0.5, 0.6) is 0 Å². The third-order valence-corrected chi connectivity index (χ3v) is 3.35. The molecule has 1 saturated heterocycles. The summed E-state index contributed by atoms with van der Waals surface area (Å²) < 4.78 is 7.69. The molecule has 2 aromatic rings. The van der Waals surface area contributed by atoms with Crippen molar-refractivity contribution in [3.63, 3.8) is 0 Å². The molecule has 1 aliphatic rings. The SMILES string of the molecule is Nc1nc2c(ncn2[C@H]2C[C@H](O)[C@@H](CO)O2)c(=O)n1N. The first-order valence-electron chi connectivity index (χ1n) is 5.97. The van der Waals surface area contributed by atoms with Gasteiger partial charge in [0.05, 0.1) is 19.0 Å². The van der Waals surface area contributed by atoms with Crippen molar-refractivity contribution in [2.75, 3.05) is 18.2 Å². The molecule has 0 radical (unpaired) electrons. The van der Waals surface area contributed by atoms with Crippen LogP contribution in [0.4, 0.5) is 5.95 Å². The first-order chi connectivity index (χ1) is 9.52. The van der Waals surface area contributed by atoms with Crippen LogP contribution in [0, 0.1) is 0 Å². The van der Waals surface area contributed by atoms with E-state index in [1.54, 1.807) is 0 Å². The van der Waals surface area contributed by atoms with Crippen molar-refractivity contribution in [3.05, 3.63) is 16.7 Å². The second-order valence-corrected chi connectivity index (χ2v) is 4.58. The van der Waals surface area contributed by atoms with Crippen molar-refractivity contribution < 1.29 is 14.9 Å². The fourth-order valence-corrected chi connectivity index (χ4v) is 2.26. The predicted molar refractivity (Wildman–Crippen MR) is 68.0 cm³/mol. The summed E-state index contributed by atoms with van der Waals surface area (Å²) in [6.45, 7) is -0.296. The van der Waals surface area contributed by atoms with E-state index in [1.807, 2.05) is 0 Å². The quantitative estimate of drug-likeness (QED) is 0.442. The maximum absolute atomic E-state index is 11.9. The molecule has 108 valence electrons. The smallest absolute Gasteiger partial charge is 0.301 e. The van der Waals surface area contributed by atoms with E-state index in [1.165, 1.54) is 10.9 Å². The van der Waals surface area contributed by atoms with E-state index in [0.29, 0.717) is 4.68 Å². The number of hydrogen-bond donors (Lipinski definition) is 4. The average molecular weight is 282 g/mol. The van der Waals surface area contributed by atoms with Gasteiger partial charge in [0, 0.05) is 6.42 Å². The summed E-state index contributed by atoms with van der Waals surface area (Å²) >= 11 is 0. The zero-order chi connectivity index (χ0) is 14.4. The highest BCUT2D eigenvalue weighted by molar-refractivity contribution is 5.71. The van der Waals surface area contributed by atoms with Gasteiger partial charge in [-0.05, 0) is 0 Å². The molecule has 6 N–H and O–H groups in total. The standard InChI is InChI=1S/C10H14N6O4/c11-10-14-8-7(9(19)16(10)12)13-3-15(8)6-1-4(18)5(2-17)20-6/h3-6,17-18H,1-2,12H2,(H2,11,14)/t4-,5+,6+/m0/s1. The maximum Gasteiger partial charge on any atom is 0.301 e. The Bertz CT molecular complexity index is 710. The first kappa shape index (κ1) is 12.8. The molecule has 3 atom stereocenters. The average Bonchev–Trinajstić information content (AvgIpc) is 2.99. The van der Waals surface area contributed by atoms with Crippen LogP contribution in [0.15, 0.2) is 11.1 Å². The normalized spacial score (nSPS) is 26.4. The Hall–Kier alpha value is -2.17. The van der Waals surface area contributed by atoms with Crippen molar-refractivity contribution in [3.8, 4) is 0 Å². The molecule has 20 heavy (non-hydrogen) atoms. The van der Waals surface area contributed by atoms with E-state index in [0.717, 1.165) is 0 Å². The summed E-state index contributed by atoms with van der Waals surface area (Å²) in [6.07, 6.45) is -0.425. The van der Waals surface area contributed by atoms with Crippen molar-refractivity contribution >= 4 is 17.1 Å². The van der Waals surface area contributed by atoms with Gasteiger partial charge in [0.2, 0.25) is 5.95 Å². The molecule has 0 saturated carbocycles. The number of ether oxygens (including phenoxy) is 1. The molecular weight excluding hydrogens is 268 g/mol. The number of nitrogen functional groups attached to an aromatic ring is 2. The highest BCUT2D eigenvalue weighted by atomic mass is 16.5. The third kappa shape index (κ3) is 1.73. The molecule has 0 aliphatic carbocycles. The number of aliphatic hydroxyl groups is 2. The fourth-order valence-electron chi connectivity index (χ4n) is 2.26. The Kier molecular flexibility index (Phi) is 2.85. The third-order valence-electron chi connectivity index (χ3n) is 3.35. The summed E-state index contributed by atoms with van der Waals surface area (Å²) in [6, 6.07) is 0. The fraction of sp³-hybridized carbons (Fsp3) is 0.500. The zero-order valence-corrected chi connectivity index (χ0v) is 10.4. The lowest BCUT2D eigenvalue weighted by molar-refractivity contribution is -0.0432. The first-order valence-corrected chi connectivity index (χ1v) is 5.97. The summed E-state index contributed by atoms with van der Waals surface area (Å²) in [4.78, 5) is 19.8. The summed E-state index contributed by atoms with van der Waals surface area (Å²) in [5, 5.41) is 18.8. The van der Waals surface area contributed by atoms with Crippen LogP contribution in [-0.4, -0.2) is 48.2 Å². The van der Waals surface area contributed by atoms with E-state index < -0.39 is 24.0 Å². The van der Waals surface area contributed by atoms with Gasteiger partial charge in [0.15, 0.2) is 11.2 Å². The van der Waals surface area contributed by atoms with Crippen LogP contribution in [-0.2, 0) is 4.74 Å². The van der Waals surface area contributed by atoms with Crippen molar-refractivity contribution in [2.45, 2.75) is 24.9 Å². The van der Waals surface area contributed by atoms with E-state index >= 15 is 0 Å². The summed E-state index contributed by atoms with van der Waals surface area (Å²) in [7, 11) is 0. The Morgan fingerprint density at radius 3 is 2.95 bits per heavy atom. The predicted octanol–water partition coefficient (Wildman–Crippen LogP) is -2.47. The molecule has 0 unspecified atom stereocenters. The zero-order valence-electron chi connectivity index (χ0n) is 10.4. The molecule has 0 spiro atoms. The minimum absolute atomic E-state index is 0.0623. The molecule has 10 nitrogen and oxygen atoms in total. The number of nitrogens with two attached hydrogens (primary N) is 2. The lowest BCUT2D eigenvalue weighted by Gasteiger charge is -2.13. The minimum atomic E-state index is -0.797. The molecule has 0 aromatic carbocycles. The molecule has 0 amide bonds. The lowest BCUT2D eigenvalue weighted by atomic mass is 10.2. The molecular formula is C10H14N6O4. The van der Waals surface area contributed by atoms with Crippen LogP contribution in [0.2, 0.25) is 0 Å². The number of hydrogen-bond acceptors (Lipinski definition) is 8. The number of nitrogens with zero attached hydrogens (tertiary/aromatic N) is 4. The van der Waals surface area contributed by atoms with Gasteiger partial charge in [-0.1, -0.05) is 0 Å². The second kappa shape index (κ2) is 4.44. The number of aliphatic hydroxyl groups excluding tert-OH is 2. The highest BCUT2D eigenvalue weighted by Gasteiger charge is 2.35. The van der Waals surface area contributed by atoms with Crippen LogP contribution in [0.1, 0.15) is 12.6 Å². The van der Waals surface area contributed by atoms with Gasteiger partial charge in [-0.15, -0.1) is 0 Å². The minimum Gasteiger partial charge on any atom is -0.394 e. The molecule has 10 heteroatoms. The number of aromatic nitrogens is 4. The van der Waals surface area contributed by atoms with Gasteiger partial charge in [-0.2, -0.15) is 9.66 Å². The van der Waals surface area contributed by atoms with Crippen LogP contribution in [0.3, 0.4) is 0 Å². The Balaban J connectivity index is 2.08. The molecule has 3 heterocycles. The Morgan fingerprint density at radius 1 is 1.55 bits per heavy atom. The van der Waals surface area contributed by atoms with Gasteiger partial charge >= 0.3 is 5.56 Å². The number of fused-ring (bicyclic) bond motifs is 1. The largest absolute Gasteiger partial charge is 0.394 e. The van der Waals surface area contributed by atoms with Crippen LogP contribution in [0.25, 0.3) is 11.2 Å². The van der Waals surface area contributed by atoms with Gasteiger partial charge in [0.25, 0.3) is 0 Å². The van der Waals surface area contributed by atoms with Crippen LogP contribution < -0.4 is 17.1 Å². The number of anilines is 1. The molecule has 3 rings (SSSR count). The molecule has 1 aliphatic heterocycles. The van der Waals surface area contributed by atoms with Gasteiger partial charge < -0.3 is 26.5 Å². The van der Waals surface area contributed by atoms with Crippen molar-refractivity contribution in [1.82, 2.24) is 19.2 Å². The molecule has 0 bridgehead atoms. The van der Waals surface area contributed by atoms with Gasteiger partial charge in [0.1, 0.15) is 12.3 Å². The van der Waals surface area contributed by atoms with E-state index in [4.69, 9.17) is 21.4 Å². The van der Waals surface area contributed by atoms with Crippen molar-refractivity contribution in [1.29, 1.82) is 0 Å². The Labute approximate surface area is 112 Å². The number of imidazole rings is 1. The van der Waals surface area contributed by atoms with E-state index in [-0.39, 0.29) is 30.1 Å². The van der Waals surface area contributed by atoms with Crippen molar-refractivity contribution in [2.24, 2.45) is 0 Å². The van der Waals surface area contributed by atoms with E-state index in [9.17, 15) is 9.90 Å². The van der Waals surface area contributed by atoms with Crippen LogP contribution >= 0.6 is 0 Å². The van der Waals surface area contributed by atoms with Gasteiger partial charge in [-0.3, -0.25) is 9.36 Å². The summed E-state index contributed by atoms with van der Waals surface area (Å²) in [5.74, 6) is 5.29. The maximum atomic E-state index is 11.9. The Morgan fingerprint density at radius 2 is 2.30 bits per heavy atom. The topological polar surface area (TPSA) is 154 Å². The highest BCUT2D eigenvalue weighted by Crippen LogP contribution is 2.30. The van der Waals surface area contributed by atoms with E-state index in [2.05, 4.69) is 9.97 Å². The van der Waals surface area contributed by atoms with Gasteiger partial charge in [-0.25, -0.2) is 4.98 Å². The monoisotopic (exact) mass is 282 g/mol. The molecule has 1 fully saturated rings. The molecule has 2 aromatic heterocycles. The summed E-state index contributed by atoms with van der Waals surface area (Å²) in [5.41, 5.74) is 5.27. The number of rotatable bonds is 2. The second-order valence-electron chi connectivity index (χ2n) is 4.58. The lowest BCUT2D eigenvalue weighted by Crippen LogP contribution is -2.31.